The van der Waals surface area contributed by atoms with Crippen LogP contribution in [0.25, 0.3) is 6.08 Å². The maximum Gasteiger partial charge on any atom is 0.333 e. The van der Waals surface area contributed by atoms with E-state index in [-0.39, 0.29) is 22.9 Å². The second kappa shape index (κ2) is 6.56. The predicted molar refractivity (Wildman–Crippen MR) is 91.6 cm³/mol. The van der Waals surface area contributed by atoms with E-state index in [2.05, 4.69) is 5.32 Å². The third-order valence-corrected chi connectivity index (χ3v) is 3.71. The average Bonchev–Trinajstić information content (AvgIpc) is 2.90. The number of rotatable bonds is 4. The lowest BCUT2D eigenvalue weighted by molar-refractivity contribution is -0.113. The number of nitrogens with one attached hydrogen (secondary N) is 1. The van der Waals surface area contributed by atoms with Gasteiger partial charge in [-0.05, 0) is 35.9 Å². The number of methoxy groups -OCH3 is 2. The number of para-hydroxylation sites is 1. The number of carbonyl (C=O) groups is 2. The van der Waals surface area contributed by atoms with Gasteiger partial charge < -0.3 is 19.9 Å². The van der Waals surface area contributed by atoms with Crippen molar-refractivity contribution in [1.29, 1.82) is 0 Å². The molecule has 2 N–H and O–H groups in total. The average molecular weight is 340 g/mol. The van der Waals surface area contributed by atoms with E-state index in [1.165, 1.54) is 32.4 Å². The molecule has 7 nitrogen and oxygen atoms in total. The smallest absolute Gasteiger partial charge is 0.333 e. The molecule has 25 heavy (non-hydrogen) atoms. The van der Waals surface area contributed by atoms with Crippen LogP contribution < -0.4 is 19.7 Å². The lowest BCUT2D eigenvalue weighted by atomic mass is 10.1. The number of hydrogen-bond acceptors (Lipinski definition) is 5. The van der Waals surface area contributed by atoms with Crippen LogP contribution in [0.5, 0.6) is 17.2 Å². The van der Waals surface area contributed by atoms with Crippen LogP contribution in [-0.2, 0) is 4.79 Å². The summed E-state index contributed by atoms with van der Waals surface area (Å²) in [6, 6.07) is 11.2. The molecule has 3 amide bonds. The Labute approximate surface area is 144 Å². The molecule has 0 saturated carbocycles. The van der Waals surface area contributed by atoms with E-state index in [0.717, 1.165) is 4.90 Å². The minimum atomic E-state index is -0.528. The molecule has 0 unspecified atom stereocenters. The van der Waals surface area contributed by atoms with Crippen LogP contribution in [0.2, 0.25) is 0 Å². The van der Waals surface area contributed by atoms with E-state index in [1.807, 2.05) is 0 Å². The highest BCUT2D eigenvalue weighted by molar-refractivity contribution is 6.28. The Morgan fingerprint density at radius 2 is 1.64 bits per heavy atom. The molecule has 2 aromatic carbocycles. The summed E-state index contributed by atoms with van der Waals surface area (Å²) in [7, 11) is 2.82. The van der Waals surface area contributed by atoms with Gasteiger partial charge in [0.15, 0.2) is 11.5 Å². The highest BCUT2D eigenvalue weighted by Crippen LogP contribution is 2.37. The summed E-state index contributed by atoms with van der Waals surface area (Å²) in [5.74, 6) is -0.215. The minimum absolute atomic E-state index is 0.114. The molecule has 0 spiro atoms. The van der Waals surface area contributed by atoms with Crippen molar-refractivity contribution >= 4 is 23.7 Å². The molecule has 0 bridgehead atoms. The van der Waals surface area contributed by atoms with Crippen LogP contribution in [-0.4, -0.2) is 31.3 Å². The standard InChI is InChI=1S/C18H16N2O5/c1-24-14-9-11(10-15(25-2)16(14)21)8-13-17(22)20(18(23)19-13)12-6-4-3-5-7-12/h3-10,21H,1-2H3,(H,19,23). The second-order valence-corrected chi connectivity index (χ2v) is 5.24. The number of phenolic OH excluding ortho intramolecular Hbond substituents is 1. The second-order valence-electron chi connectivity index (χ2n) is 5.24. The first-order chi connectivity index (χ1) is 12.0. The number of amides is 3. The highest BCUT2D eigenvalue weighted by atomic mass is 16.5. The molecular weight excluding hydrogens is 324 g/mol. The Bertz CT molecular complexity index is 836. The fraction of sp³-hybridized carbons (Fsp3) is 0.111. The Morgan fingerprint density at radius 3 is 2.20 bits per heavy atom. The van der Waals surface area contributed by atoms with E-state index in [1.54, 1.807) is 30.3 Å². The van der Waals surface area contributed by atoms with Gasteiger partial charge in [-0.2, -0.15) is 0 Å². The molecule has 7 heteroatoms. The molecule has 0 aromatic heterocycles. The molecule has 0 atom stereocenters. The fourth-order valence-electron chi connectivity index (χ4n) is 2.51. The van der Waals surface area contributed by atoms with Crippen LogP contribution >= 0.6 is 0 Å². The molecule has 0 radical (unpaired) electrons. The lowest BCUT2D eigenvalue weighted by Gasteiger charge is -2.11. The van der Waals surface area contributed by atoms with Crippen molar-refractivity contribution in [3.63, 3.8) is 0 Å². The number of benzene rings is 2. The lowest BCUT2D eigenvalue weighted by Crippen LogP contribution is -2.30. The summed E-state index contributed by atoms with van der Waals surface area (Å²) in [6.07, 6.45) is 1.49. The molecule has 1 saturated heterocycles. The molecule has 0 aliphatic carbocycles. The Kier molecular flexibility index (Phi) is 4.30. The third-order valence-electron chi connectivity index (χ3n) is 3.71. The predicted octanol–water partition coefficient (Wildman–Crippen LogP) is 2.51. The Balaban J connectivity index is 1.98. The van der Waals surface area contributed by atoms with Crippen molar-refractivity contribution in [2.45, 2.75) is 0 Å². The molecule has 1 aliphatic rings. The van der Waals surface area contributed by atoms with E-state index in [0.29, 0.717) is 11.3 Å². The van der Waals surface area contributed by atoms with Gasteiger partial charge in [-0.25, -0.2) is 9.69 Å². The van der Waals surface area contributed by atoms with Gasteiger partial charge in [-0.15, -0.1) is 0 Å². The highest BCUT2D eigenvalue weighted by Gasteiger charge is 2.34. The summed E-state index contributed by atoms with van der Waals surface area (Å²) in [6.45, 7) is 0. The number of aromatic hydroxyl groups is 1. The van der Waals surface area contributed by atoms with E-state index in [9.17, 15) is 14.7 Å². The van der Waals surface area contributed by atoms with Gasteiger partial charge in [0.2, 0.25) is 5.75 Å². The van der Waals surface area contributed by atoms with E-state index >= 15 is 0 Å². The van der Waals surface area contributed by atoms with Gasteiger partial charge in [0.1, 0.15) is 5.70 Å². The SMILES string of the molecule is COc1cc(C=C2NC(=O)N(c3ccccc3)C2=O)cc(OC)c1O. The van der Waals surface area contributed by atoms with Gasteiger partial charge in [-0.3, -0.25) is 4.79 Å². The minimum Gasteiger partial charge on any atom is -0.502 e. The van der Waals surface area contributed by atoms with E-state index in [4.69, 9.17) is 9.47 Å². The van der Waals surface area contributed by atoms with Crippen LogP contribution in [0.15, 0.2) is 48.2 Å². The van der Waals surface area contributed by atoms with Crippen LogP contribution in [0.3, 0.4) is 0 Å². The molecule has 1 heterocycles. The van der Waals surface area contributed by atoms with Crippen molar-refractivity contribution in [2.75, 3.05) is 19.1 Å². The molecular formula is C18H16N2O5. The van der Waals surface area contributed by atoms with Crippen molar-refractivity contribution in [3.05, 3.63) is 53.7 Å². The summed E-state index contributed by atoms with van der Waals surface area (Å²) in [5, 5.41) is 12.5. The molecule has 1 aliphatic heterocycles. The van der Waals surface area contributed by atoms with Gasteiger partial charge in [0, 0.05) is 0 Å². The first-order valence-corrected chi connectivity index (χ1v) is 7.42. The number of hydrogen-bond donors (Lipinski definition) is 2. The maximum absolute atomic E-state index is 12.6. The van der Waals surface area contributed by atoms with Gasteiger partial charge in [0.25, 0.3) is 5.91 Å². The van der Waals surface area contributed by atoms with Gasteiger partial charge in [-0.1, -0.05) is 18.2 Å². The van der Waals surface area contributed by atoms with Crippen LogP contribution in [0.4, 0.5) is 10.5 Å². The number of imide groups is 1. The van der Waals surface area contributed by atoms with E-state index < -0.39 is 11.9 Å². The summed E-state index contributed by atoms with van der Waals surface area (Å²) in [5.41, 5.74) is 1.13. The number of phenols is 1. The van der Waals surface area contributed by atoms with Crippen molar-refractivity contribution in [3.8, 4) is 17.2 Å². The van der Waals surface area contributed by atoms with Crippen molar-refractivity contribution in [1.82, 2.24) is 5.32 Å². The van der Waals surface area contributed by atoms with Gasteiger partial charge in [0.05, 0.1) is 19.9 Å². The summed E-state index contributed by atoms with van der Waals surface area (Å²) < 4.78 is 10.2. The topological polar surface area (TPSA) is 88.1 Å². The number of urea groups is 1. The molecule has 2 aromatic rings. The fourth-order valence-corrected chi connectivity index (χ4v) is 2.51. The first kappa shape index (κ1) is 16.4. The normalized spacial score (nSPS) is 15.4. The quantitative estimate of drug-likeness (QED) is 0.659. The zero-order valence-electron chi connectivity index (χ0n) is 13.6. The largest absolute Gasteiger partial charge is 0.502 e. The Hall–Kier alpha value is -3.48. The zero-order valence-corrected chi connectivity index (χ0v) is 13.6. The number of nitrogens with zero attached hydrogens (tertiary/aromatic N) is 1. The summed E-state index contributed by atoms with van der Waals surface area (Å²) in [4.78, 5) is 25.8. The van der Waals surface area contributed by atoms with Crippen molar-refractivity contribution < 1.29 is 24.2 Å². The monoisotopic (exact) mass is 340 g/mol. The molecule has 1 fully saturated rings. The van der Waals surface area contributed by atoms with Gasteiger partial charge >= 0.3 is 6.03 Å². The third kappa shape index (κ3) is 2.99. The van der Waals surface area contributed by atoms with Crippen molar-refractivity contribution in [2.24, 2.45) is 0 Å². The zero-order chi connectivity index (χ0) is 18.0. The first-order valence-electron chi connectivity index (χ1n) is 7.42. The number of ether oxygens (including phenoxy) is 2. The van der Waals surface area contributed by atoms with Crippen LogP contribution in [0.1, 0.15) is 5.56 Å². The number of anilines is 1. The van der Waals surface area contributed by atoms with Crippen LogP contribution in [0, 0.1) is 0 Å². The Morgan fingerprint density at radius 1 is 1.04 bits per heavy atom. The summed E-state index contributed by atoms with van der Waals surface area (Å²) >= 11 is 0. The molecule has 128 valence electrons. The maximum atomic E-state index is 12.6. The molecule has 3 rings (SSSR count). The number of carbonyl (C=O) groups excluding carboxylic acids is 2.